The highest BCUT2D eigenvalue weighted by Gasteiger charge is 2.55. The number of aryl methyl sites for hydroxylation is 1. The van der Waals surface area contributed by atoms with Gasteiger partial charge in [-0.1, -0.05) is 18.6 Å². The zero-order valence-electron chi connectivity index (χ0n) is 9.42. The second kappa shape index (κ2) is 3.73. The monoisotopic (exact) mass is 238 g/mol. The van der Waals surface area contributed by atoms with Crippen LogP contribution in [-0.4, -0.2) is 0 Å². The van der Waals surface area contributed by atoms with E-state index in [1.54, 1.807) is 6.92 Å². The first-order valence-electron chi connectivity index (χ1n) is 6.08. The first-order chi connectivity index (χ1) is 7.68. The van der Waals surface area contributed by atoms with E-state index in [0.717, 1.165) is 17.4 Å². The predicted molar refractivity (Wildman–Crippen MR) is 64.1 cm³/mol. The fraction of sp³-hybridized carbons (Fsp3) is 0.571. The Labute approximate surface area is 101 Å². The third-order valence-corrected chi connectivity index (χ3v) is 4.85. The van der Waals surface area contributed by atoms with E-state index in [2.05, 4.69) is 0 Å². The van der Waals surface area contributed by atoms with E-state index in [9.17, 15) is 4.39 Å². The van der Waals surface area contributed by atoms with Gasteiger partial charge in [-0.15, -0.1) is 11.6 Å². The molecule has 2 aliphatic rings. The van der Waals surface area contributed by atoms with Gasteiger partial charge in [0.05, 0.1) is 5.38 Å². The molecule has 16 heavy (non-hydrogen) atoms. The van der Waals surface area contributed by atoms with E-state index in [0.29, 0.717) is 11.5 Å². The molecule has 2 aliphatic carbocycles. The predicted octanol–water partition coefficient (Wildman–Crippen LogP) is 4.46. The van der Waals surface area contributed by atoms with Crippen molar-refractivity contribution in [3.8, 4) is 0 Å². The summed E-state index contributed by atoms with van der Waals surface area (Å²) in [6, 6.07) is 5.29. The van der Waals surface area contributed by atoms with Gasteiger partial charge < -0.3 is 0 Å². The molecule has 0 saturated heterocycles. The fourth-order valence-electron chi connectivity index (χ4n) is 3.37. The molecule has 0 nitrogen and oxygen atoms in total. The highest BCUT2D eigenvalue weighted by molar-refractivity contribution is 6.21. The lowest BCUT2D eigenvalue weighted by Crippen LogP contribution is -1.99. The Balaban J connectivity index is 1.79. The van der Waals surface area contributed by atoms with Gasteiger partial charge in [0, 0.05) is 0 Å². The van der Waals surface area contributed by atoms with Gasteiger partial charge in [0.25, 0.3) is 0 Å². The van der Waals surface area contributed by atoms with E-state index < -0.39 is 0 Å². The van der Waals surface area contributed by atoms with E-state index in [1.165, 1.54) is 25.3 Å². The topological polar surface area (TPSA) is 0 Å². The first kappa shape index (κ1) is 10.6. The van der Waals surface area contributed by atoms with E-state index in [1.807, 2.05) is 12.1 Å². The molecular weight excluding hydrogens is 223 g/mol. The summed E-state index contributed by atoms with van der Waals surface area (Å²) in [5.74, 6) is 2.23. The molecule has 1 aromatic carbocycles. The molecule has 0 heterocycles. The van der Waals surface area contributed by atoms with Crippen LogP contribution in [0.4, 0.5) is 4.39 Å². The van der Waals surface area contributed by atoms with Gasteiger partial charge in [0.15, 0.2) is 0 Å². The third kappa shape index (κ3) is 1.57. The number of fused-ring (bicyclic) bond motifs is 1. The molecule has 0 aromatic heterocycles. The molecule has 3 rings (SSSR count). The SMILES string of the molecule is Cc1cc(C(Cl)C2C3CCCC32)ccc1F. The van der Waals surface area contributed by atoms with Gasteiger partial charge in [-0.05, 0) is 54.7 Å². The lowest BCUT2D eigenvalue weighted by Gasteiger charge is -2.12. The second-order valence-electron chi connectivity index (χ2n) is 5.25. The van der Waals surface area contributed by atoms with Crippen LogP contribution in [0.5, 0.6) is 0 Å². The molecule has 2 fully saturated rings. The Kier molecular flexibility index (Phi) is 2.47. The van der Waals surface area contributed by atoms with Crippen LogP contribution in [0.2, 0.25) is 0 Å². The van der Waals surface area contributed by atoms with Crippen LogP contribution in [0.15, 0.2) is 18.2 Å². The van der Waals surface area contributed by atoms with Crippen molar-refractivity contribution in [2.24, 2.45) is 17.8 Å². The molecule has 3 unspecified atom stereocenters. The third-order valence-electron chi connectivity index (χ3n) is 4.31. The van der Waals surface area contributed by atoms with E-state index >= 15 is 0 Å². The lowest BCUT2D eigenvalue weighted by molar-refractivity contribution is 0.571. The van der Waals surface area contributed by atoms with Crippen molar-refractivity contribution < 1.29 is 4.39 Å². The van der Waals surface area contributed by atoms with Crippen molar-refractivity contribution in [2.75, 3.05) is 0 Å². The van der Waals surface area contributed by atoms with Gasteiger partial charge in [0.1, 0.15) is 5.82 Å². The molecule has 0 amide bonds. The Morgan fingerprint density at radius 2 is 2.00 bits per heavy atom. The molecule has 2 saturated carbocycles. The average Bonchev–Trinajstić information content (AvgIpc) is 2.74. The maximum absolute atomic E-state index is 13.2. The van der Waals surface area contributed by atoms with Gasteiger partial charge >= 0.3 is 0 Å². The van der Waals surface area contributed by atoms with E-state index in [4.69, 9.17) is 11.6 Å². The second-order valence-corrected chi connectivity index (χ2v) is 5.72. The largest absolute Gasteiger partial charge is 0.207 e. The van der Waals surface area contributed by atoms with Crippen LogP contribution in [0.25, 0.3) is 0 Å². The molecule has 2 heteroatoms. The van der Waals surface area contributed by atoms with Crippen LogP contribution in [0.1, 0.15) is 35.8 Å². The Morgan fingerprint density at radius 1 is 1.31 bits per heavy atom. The lowest BCUT2D eigenvalue weighted by atomic mass is 10.0. The summed E-state index contributed by atoms with van der Waals surface area (Å²) in [6.07, 6.45) is 4.06. The van der Waals surface area contributed by atoms with Gasteiger partial charge in [-0.25, -0.2) is 4.39 Å². The summed E-state index contributed by atoms with van der Waals surface area (Å²) >= 11 is 6.51. The molecular formula is C14H16ClF. The number of halogens is 2. The van der Waals surface area contributed by atoms with Crippen LogP contribution in [0, 0.1) is 30.5 Å². The Bertz CT molecular complexity index is 405. The first-order valence-corrected chi connectivity index (χ1v) is 6.52. The van der Waals surface area contributed by atoms with Crippen molar-refractivity contribution in [1.82, 2.24) is 0 Å². The maximum Gasteiger partial charge on any atom is 0.126 e. The Hall–Kier alpha value is -0.560. The van der Waals surface area contributed by atoms with Crippen LogP contribution >= 0.6 is 11.6 Å². The highest BCUT2D eigenvalue weighted by Crippen LogP contribution is 2.63. The van der Waals surface area contributed by atoms with Gasteiger partial charge in [-0.3, -0.25) is 0 Å². The summed E-state index contributed by atoms with van der Waals surface area (Å²) < 4.78 is 13.2. The number of benzene rings is 1. The highest BCUT2D eigenvalue weighted by atomic mass is 35.5. The normalized spacial score (nSPS) is 33.6. The van der Waals surface area contributed by atoms with Crippen molar-refractivity contribution in [3.05, 3.63) is 35.1 Å². The summed E-state index contributed by atoms with van der Waals surface area (Å²) in [7, 11) is 0. The van der Waals surface area contributed by atoms with Crippen LogP contribution in [-0.2, 0) is 0 Å². The number of hydrogen-bond donors (Lipinski definition) is 0. The number of rotatable bonds is 2. The fourth-order valence-corrected chi connectivity index (χ4v) is 3.88. The number of alkyl halides is 1. The molecule has 3 atom stereocenters. The maximum atomic E-state index is 13.2. The molecule has 1 aromatic rings. The minimum atomic E-state index is -0.136. The van der Waals surface area contributed by atoms with Crippen LogP contribution < -0.4 is 0 Å². The zero-order chi connectivity index (χ0) is 11.3. The van der Waals surface area contributed by atoms with Crippen molar-refractivity contribution in [1.29, 1.82) is 0 Å². The molecule has 0 N–H and O–H groups in total. The minimum Gasteiger partial charge on any atom is -0.207 e. The summed E-state index contributed by atoms with van der Waals surface area (Å²) in [5, 5.41) is 0.0922. The van der Waals surface area contributed by atoms with Crippen molar-refractivity contribution in [3.63, 3.8) is 0 Å². The quantitative estimate of drug-likeness (QED) is 0.668. The van der Waals surface area contributed by atoms with E-state index in [-0.39, 0.29) is 11.2 Å². The van der Waals surface area contributed by atoms with Crippen molar-refractivity contribution >= 4 is 11.6 Å². The minimum absolute atomic E-state index is 0.0922. The molecule has 0 bridgehead atoms. The van der Waals surface area contributed by atoms with Gasteiger partial charge in [0.2, 0.25) is 0 Å². The Morgan fingerprint density at radius 3 is 2.62 bits per heavy atom. The molecule has 0 spiro atoms. The summed E-state index contributed by atoms with van der Waals surface area (Å²) in [4.78, 5) is 0. The smallest absolute Gasteiger partial charge is 0.126 e. The molecule has 86 valence electrons. The summed E-state index contributed by atoms with van der Waals surface area (Å²) in [6.45, 7) is 1.80. The molecule has 0 radical (unpaired) electrons. The zero-order valence-corrected chi connectivity index (χ0v) is 10.2. The molecule has 0 aliphatic heterocycles. The van der Waals surface area contributed by atoms with Crippen LogP contribution in [0.3, 0.4) is 0 Å². The van der Waals surface area contributed by atoms with Gasteiger partial charge in [-0.2, -0.15) is 0 Å². The average molecular weight is 239 g/mol. The van der Waals surface area contributed by atoms with Crippen molar-refractivity contribution in [2.45, 2.75) is 31.6 Å². The summed E-state index contributed by atoms with van der Waals surface area (Å²) in [5.41, 5.74) is 1.80. The standard InChI is InChI=1S/C14H16ClF/c1-8-7-9(5-6-12(8)16)14(15)13-10-3-2-4-11(10)13/h5-7,10-11,13-14H,2-4H2,1H3. The number of hydrogen-bond acceptors (Lipinski definition) is 0.